The Bertz CT molecular complexity index is 2230. The minimum absolute atomic E-state index is 0.0179. The van der Waals surface area contributed by atoms with Gasteiger partial charge in [-0.25, -0.2) is 4.39 Å². The molecule has 0 saturated carbocycles. The molecular weight excluding hydrogens is 775 g/mol. The molecule has 0 aromatic heterocycles. The van der Waals surface area contributed by atoms with Crippen molar-refractivity contribution in [2.45, 2.75) is 57.3 Å². The molecule has 5 fully saturated rings. The summed E-state index contributed by atoms with van der Waals surface area (Å²) in [5.41, 5.74) is 4.15. The summed E-state index contributed by atoms with van der Waals surface area (Å²) in [5.74, 6) is -2.81. The summed E-state index contributed by atoms with van der Waals surface area (Å²) in [6.45, 7) is 10.3. The molecule has 3 aromatic rings. The van der Waals surface area contributed by atoms with Crippen molar-refractivity contribution in [2.75, 3.05) is 80.1 Å². The van der Waals surface area contributed by atoms with E-state index in [1.54, 1.807) is 0 Å². The minimum atomic E-state index is -1.10. The van der Waals surface area contributed by atoms with Gasteiger partial charge in [0.25, 0.3) is 11.8 Å². The third kappa shape index (κ3) is 7.32. The number of nitriles is 1. The van der Waals surface area contributed by atoms with Crippen LogP contribution in [0.3, 0.4) is 0 Å². The number of anilines is 3. The lowest BCUT2D eigenvalue weighted by atomic mass is 9.76. The van der Waals surface area contributed by atoms with Crippen LogP contribution in [0.4, 0.5) is 21.5 Å². The van der Waals surface area contributed by atoms with Gasteiger partial charge in [-0.15, -0.1) is 0 Å². The molecule has 0 radical (unpaired) electrons. The van der Waals surface area contributed by atoms with E-state index in [1.807, 2.05) is 35.2 Å². The Morgan fingerprint density at radius 3 is 2.25 bits per heavy atom. The van der Waals surface area contributed by atoms with Crippen LogP contribution in [0.2, 0.25) is 5.02 Å². The van der Waals surface area contributed by atoms with Gasteiger partial charge in [-0.05, 0) is 86.1 Å². The van der Waals surface area contributed by atoms with E-state index in [1.165, 1.54) is 11.8 Å². The van der Waals surface area contributed by atoms with Crippen LogP contribution in [0.15, 0.2) is 54.6 Å². The number of nitrogens with zero attached hydrogens (tertiary/aromatic N) is 7. The first-order valence-electron chi connectivity index (χ1n) is 20.7. The molecule has 308 valence electrons. The zero-order valence-corrected chi connectivity index (χ0v) is 33.8. The smallest absolute Gasteiger partial charge is 0.262 e. The van der Waals surface area contributed by atoms with Crippen molar-refractivity contribution in [2.24, 2.45) is 11.3 Å². The van der Waals surface area contributed by atoms with Gasteiger partial charge in [0.1, 0.15) is 24.2 Å². The Hall–Kier alpha value is -5.07. The maximum atomic E-state index is 15.3. The highest BCUT2D eigenvalue weighted by atomic mass is 35.5. The van der Waals surface area contributed by atoms with E-state index >= 15 is 4.39 Å². The van der Waals surface area contributed by atoms with Gasteiger partial charge in [0.2, 0.25) is 11.8 Å². The fourth-order valence-electron chi connectivity index (χ4n) is 10.3. The highest BCUT2D eigenvalue weighted by Crippen LogP contribution is 2.46. The topological polar surface area (TPSA) is 144 Å². The summed E-state index contributed by atoms with van der Waals surface area (Å²) in [6, 6.07) is 18.1. The van der Waals surface area contributed by atoms with Crippen LogP contribution in [-0.4, -0.2) is 121 Å². The maximum absolute atomic E-state index is 15.3. The van der Waals surface area contributed by atoms with Crippen molar-refractivity contribution in [1.82, 2.24) is 20.0 Å². The molecule has 0 bridgehead atoms. The quantitative estimate of drug-likeness (QED) is 0.313. The van der Waals surface area contributed by atoms with E-state index in [-0.39, 0.29) is 35.1 Å². The minimum Gasteiger partial charge on any atom is -0.374 e. The van der Waals surface area contributed by atoms with Crippen LogP contribution < -0.4 is 20.0 Å². The van der Waals surface area contributed by atoms with Crippen LogP contribution >= 0.6 is 11.6 Å². The van der Waals surface area contributed by atoms with E-state index in [0.29, 0.717) is 35.6 Å². The zero-order valence-electron chi connectivity index (χ0n) is 33.1. The predicted molar refractivity (Wildman–Crippen MR) is 220 cm³/mol. The number of carbonyl (C=O) groups is 4. The third-order valence-corrected chi connectivity index (χ3v) is 13.9. The molecule has 13 nitrogen and oxygen atoms in total. The van der Waals surface area contributed by atoms with Crippen molar-refractivity contribution in [3.63, 3.8) is 0 Å². The molecule has 3 aromatic carbocycles. The first kappa shape index (κ1) is 39.4. The predicted octanol–water partition coefficient (Wildman–Crippen LogP) is 4.38. The zero-order chi connectivity index (χ0) is 41.2. The normalized spacial score (nSPS) is 24.4. The van der Waals surface area contributed by atoms with Gasteiger partial charge in [-0.3, -0.25) is 34.3 Å². The summed E-state index contributed by atoms with van der Waals surface area (Å²) in [6.07, 6.45) is 2.71. The number of aliphatic hydroxyl groups excluding tert-OH is 1. The molecule has 0 aliphatic carbocycles. The van der Waals surface area contributed by atoms with E-state index < -0.39 is 41.7 Å². The van der Waals surface area contributed by atoms with Crippen molar-refractivity contribution in [3.8, 4) is 6.07 Å². The second-order valence-electron chi connectivity index (χ2n) is 17.3. The van der Waals surface area contributed by atoms with Gasteiger partial charge < -0.3 is 24.7 Å². The van der Waals surface area contributed by atoms with Crippen molar-refractivity contribution >= 4 is 52.3 Å². The molecule has 2 unspecified atom stereocenters. The summed E-state index contributed by atoms with van der Waals surface area (Å²) in [5, 5.41) is 23.3. The number of halogens is 2. The van der Waals surface area contributed by atoms with Crippen LogP contribution in [0.5, 0.6) is 0 Å². The molecule has 6 aliphatic rings. The maximum Gasteiger partial charge on any atom is 0.262 e. The van der Waals surface area contributed by atoms with Crippen LogP contribution in [-0.2, 0) is 9.59 Å². The van der Waals surface area contributed by atoms with Gasteiger partial charge in [-0.1, -0.05) is 23.7 Å². The van der Waals surface area contributed by atoms with Crippen molar-refractivity contribution < 1.29 is 28.7 Å². The molecule has 6 heterocycles. The van der Waals surface area contributed by atoms with Gasteiger partial charge in [0.15, 0.2) is 0 Å². The number of hydrogen-bond donors (Lipinski definition) is 2. The van der Waals surface area contributed by atoms with Gasteiger partial charge in [0, 0.05) is 95.2 Å². The largest absolute Gasteiger partial charge is 0.374 e. The summed E-state index contributed by atoms with van der Waals surface area (Å²) in [7, 11) is 0. The number of nitrogens with one attached hydrogen (secondary N) is 1. The number of rotatable bonds is 8. The van der Waals surface area contributed by atoms with Crippen LogP contribution in [0, 0.1) is 28.5 Å². The average molecular weight is 823 g/mol. The fraction of sp³-hybridized carbons (Fsp3) is 0.477. The number of piperidine rings is 2. The Kier molecular flexibility index (Phi) is 10.4. The fourth-order valence-corrected chi connectivity index (χ4v) is 10.5. The standard InChI is InChI=1S/C44H48ClFN8O5/c1-27-21-44(26-53(27)32-7-4-30(22-47)35(45)18-32)10-12-50(13-11-44)31-5-2-29(3-6-31)41(57)51-16-14-49(15-17-51)23-28-24-52(25-28)38-20-34-33(19-36(38)46)42(58)54(43(34)59)37-8-9-39(55)48-40(37)56/h2-7,18-20,27-28,37,41,57H,8-17,21,23-26H2,1H3,(H,48,55,56)/t27-,37?,41?/m0/s1. The van der Waals surface area contributed by atoms with Gasteiger partial charge >= 0.3 is 0 Å². The molecule has 3 atom stereocenters. The van der Waals surface area contributed by atoms with Crippen LogP contribution in [0.25, 0.3) is 0 Å². The second kappa shape index (κ2) is 15.5. The van der Waals surface area contributed by atoms with Gasteiger partial charge in [-0.2, -0.15) is 5.26 Å². The molecule has 5 saturated heterocycles. The van der Waals surface area contributed by atoms with E-state index in [4.69, 9.17) is 11.6 Å². The number of piperazine rings is 1. The molecule has 4 amide bonds. The lowest BCUT2D eigenvalue weighted by Crippen LogP contribution is -2.55. The molecule has 2 N–H and O–H groups in total. The van der Waals surface area contributed by atoms with Gasteiger partial charge in [0.05, 0.1) is 27.4 Å². The second-order valence-corrected chi connectivity index (χ2v) is 17.7. The number of amides is 4. The molecular formula is C44H48ClFN8O5. The molecule has 6 aliphatic heterocycles. The van der Waals surface area contributed by atoms with E-state index in [0.717, 1.165) is 93.8 Å². The lowest BCUT2D eigenvalue weighted by Gasteiger charge is -2.45. The Morgan fingerprint density at radius 1 is 0.915 bits per heavy atom. The Balaban J connectivity index is 0.729. The summed E-state index contributed by atoms with van der Waals surface area (Å²) in [4.78, 5) is 62.4. The Labute approximate surface area is 347 Å². The average Bonchev–Trinajstić information content (AvgIpc) is 3.66. The highest BCUT2D eigenvalue weighted by molar-refractivity contribution is 6.32. The number of hydrogen-bond acceptors (Lipinski definition) is 11. The molecule has 15 heteroatoms. The number of fused-ring (bicyclic) bond motifs is 1. The van der Waals surface area contributed by atoms with Crippen LogP contribution in [0.1, 0.15) is 77.1 Å². The summed E-state index contributed by atoms with van der Waals surface area (Å²) < 4.78 is 15.3. The third-order valence-electron chi connectivity index (χ3n) is 13.6. The Morgan fingerprint density at radius 2 is 1.59 bits per heavy atom. The highest BCUT2D eigenvalue weighted by Gasteiger charge is 2.47. The number of imide groups is 2. The number of benzene rings is 3. The SMILES string of the molecule is C[C@H]1CC2(CCN(c3ccc(C(O)N4CCN(CC5CN(c6cc7c(cc6F)C(=O)N(C6CCC(=O)NC6=O)C7=O)C5)CC4)cc3)CC2)CN1c1ccc(C#N)c(Cl)c1. The van der Waals surface area contributed by atoms with E-state index in [9.17, 15) is 29.5 Å². The monoisotopic (exact) mass is 822 g/mol. The first-order chi connectivity index (χ1) is 28.4. The molecule has 1 spiro atoms. The van der Waals surface area contributed by atoms with Crippen molar-refractivity contribution in [3.05, 3.63) is 87.7 Å². The lowest BCUT2D eigenvalue weighted by molar-refractivity contribution is -0.136. The molecule has 59 heavy (non-hydrogen) atoms. The molecule has 9 rings (SSSR count). The number of carbonyl (C=O) groups excluding carboxylic acids is 4. The first-order valence-corrected chi connectivity index (χ1v) is 21.0. The van der Waals surface area contributed by atoms with Crippen molar-refractivity contribution in [1.29, 1.82) is 5.26 Å². The number of aliphatic hydroxyl groups is 1. The summed E-state index contributed by atoms with van der Waals surface area (Å²) >= 11 is 6.37. The van der Waals surface area contributed by atoms with E-state index in [2.05, 4.69) is 50.0 Å².